The first kappa shape index (κ1) is 25.0. The third kappa shape index (κ3) is 5.65. The largest absolute Gasteiger partial charge is 0.497 e. The van der Waals surface area contributed by atoms with Gasteiger partial charge in [0.05, 0.1) is 18.5 Å². The molecule has 5 rings (SSSR count). The van der Waals surface area contributed by atoms with Crippen molar-refractivity contribution < 1.29 is 13.9 Å². The number of benzene rings is 4. The van der Waals surface area contributed by atoms with Gasteiger partial charge in [-0.15, -0.1) is 0 Å². The number of methoxy groups -OCH3 is 1. The highest BCUT2D eigenvalue weighted by molar-refractivity contribution is 5.94. The molecule has 190 valence electrons. The number of amides is 1. The van der Waals surface area contributed by atoms with Crippen LogP contribution in [0.3, 0.4) is 0 Å². The molecule has 0 unspecified atom stereocenters. The second-order valence-corrected chi connectivity index (χ2v) is 8.95. The minimum absolute atomic E-state index is 0.148. The average Bonchev–Trinajstić information content (AvgIpc) is 3.42. The summed E-state index contributed by atoms with van der Waals surface area (Å²) >= 11 is 0. The highest BCUT2D eigenvalue weighted by Crippen LogP contribution is 2.28. The number of halogens is 1. The number of hydrogen-bond donors (Lipinski definition) is 1. The fourth-order valence-electron chi connectivity index (χ4n) is 4.54. The zero-order valence-electron chi connectivity index (χ0n) is 21.1. The van der Waals surface area contributed by atoms with Gasteiger partial charge >= 0.3 is 0 Å². The van der Waals surface area contributed by atoms with Crippen molar-refractivity contribution in [2.45, 2.75) is 12.3 Å². The molecule has 0 saturated heterocycles. The van der Waals surface area contributed by atoms with E-state index >= 15 is 0 Å². The van der Waals surface area contributed by atoms with Gasteiger partial charge in [0.25, 0.3) is 5.91 Å². The van der Waals surface area contributed by atoms with Crippen LogP contribution in [0.5, 0.6) is 5.75 Å². The van der Waals surface area contributed by atoms with Crippen LogP contribution in [-0.2, 0) is 0 Å². The smallest absolute Gasteiger partial charge is 0.270 e. The summed E-state index contributed by atoms with van der Waals surface area (Å²) in [4.78, 5) is 13.4. The van der Waals surface area contributed by atoms with E-state index in [1.165, 1.54) is 23.3 Å². The van der Waals surface area contributed by atoms with E-state index in [0.717, 1.165) is 17.7 Å². The Labute approximate surface area is 221 Å². The Morgan fingerprint density at radius 3 is 2.05 bits per heavy atom. The van der Waals surface area contributed by atoms with Gasteiger partial charge in [-0.1, -0.05) is 60.7 Å². The maximum Gasteiger partial charge on any atom is 0.270 e. The summed E-state index contributed by atoms with van der Waals surface area (Å²) in [6.45, 7) is 0.472. The lowest BCUT2D eigenvalue weighted by Gasteiger charge is -2.18. The minimum atomic E-state index is -0.352. The molecule has 1 amide bonds. The summed E-state index contributed by atoms with van der Waals surface area (Å²) in [6, 6.07) is 35.8. The Morgan fingerprint density at radius 1 is 0.868 bits per heavy atom. The Morgan fingerprint density at radius 2 is 1.47 bits per heavy atom. The zero-order chi connectivity index (χ0) is 26.3. The Bertz CT molecular complexity index is 1440. The Balaban J connectivity index is 1.39. The molecule has 1 aromatic heterocycles. The number of carbonyl (C=O) groups is 1. The van der Waals surface area contributed by atoms with Crippen molar-refractivity contribution in [1.82, 2.24) is 15.1 Å². The van der Waals surface area contributed by atoms with Gasteiger partial charge < -0.3 is 10.1 Å². The molecule has 5 nitrogen and oxygen atoms in total. The maximum absolute atomic E-state index is 13.6. The lowest BCUT2D eigenvalue weighted by molar-refractivity contribution is 0.0945. The zero-order valence-corrected chi connectivity index (χ0v) is 21.1. The molecule has 0 aliphatic carbocycles. The normalized spacial score (nSPS) is 10.9. The molecular weight excluding hydrogens is 477 g/mol. The average molecular weight is 506 g/mol. The molecule has 4 aromatic carbocycles. The van der Waals surface area contributed by atoms with Crippen LogP contribution in [0.4, 0.5) is 4.39 Å². The third-order valence-electron chi connectivity index (χ3n) is 6.52. The van der Waals surface area contributed by atoms with Crippen molar-refractivity contribution in [1.29, 1.82) is 0 Å². The van der Waals surface area contributed by atoms with Crippen molar-refractivity contribution in [2.75, 3.05) is 13.7 Å². The van der Waals surface area contributed by atoms with E-state index in [9.17, 15) is 9.18 Å². The van der Waals surface area contributed by atoms with E-state index in [1.54, 1.807) is 30.0 Å². The van der Waals surface area contributed by atoms with Crippen LogP contribution in [0.15, 0.2) is 115 Å². The van der Waals surface area contributed by atoms with Crippen molar-refractivity contribution in [3.05, 3.63) is 138 Å². The fraction of sp³-hybridized carbons (Fsp3) is 0.125. The van der Waals surface area contributed by atoms with E-state index in [1.807, 2.05) is 60.7 Å². The number of rotatable bonds is 9. The van der Waals surface area contributed by atoms with Crippen molar-refractivity contribution in [2.24, 2.45) is 0 Å². The lowest BCUT2D eigenvalue weighted by Crippen LogP contribution is -2.28. The first-order chi connectivity index (χ1) is 18.6. The van der Waals surface area contributed by atoms with Crippen LogP contribution in [-0.4, -0.2) is 29.3 Å². The van der Waals surface area contributed by atoms with Crippen LogP contribution in [0.25, 0.3) is 16.9 Å². The van der Waals surface area contributed by atoms with Gasteiger partial charge in [0.1, 0.15) is 17.3 Å². The Hall–Kier alpha value is -4.71. The number of nitrogens with one attached hydrogen (secondary N) is 1. The van der Waals surface area contributed by atoms with Crippen LogP contribution in [0.2, 0.25) is 0 Å². The van der Waals surface area contributed by atoms with Gasteiger partial charge in [0.15, 0.2) is 0 Å². The molecule has 6 heteroatoms. The molecule has 0 aliphatic rings. The number of hydrogen-bond acceptors (Lipinski definition) is 3. The summed E-state index contributed by atoms with van der Waals surface area (Å²) in [7, 11) is 1.61. The van der Waals surface area contributed by atoms with E-state index < -0.39 is 0 Å². The van der Waals surface area contributed by atoms with Gasteiger partial charge in [0.2, 0.25) is 0 Å². The molecule has 0 radical (unpaired) electrons. The number of aromatic nitrogens is 2. The SMILES string of the molecule is COc1ccc(-c2cc(C(=O)NCCC(c3ccccc3)c3ccccc3)n(-c3ccc(F)cc3)n2)cc1. The fourth-order valence-corrected chi connectivity index (χ4v) is 4.54. The highest BCUT2D eigenvalue weighted by atomic mass is 19.1. The molecule has 1 N–H and O–H groups in total. The second kappa shape index (κ2) is 11.6. The molecule has 0 fully saturated rings. The standard InChI is InChI=1S/C32H28FN3O2/c1-38-28-18-12-25(13-19-28)30-22-31(36(35-30)27-16-14-26(33)15-17-27)32(37)34-21-20-29(23-8-4-2-5-9-23)24-10-6-3-7-11-24/h2-19,22,29H,20-21H2,1H3,(H,34,37). The molecule has 38 heavy (non-hydrogen) atoms. The van der Waals surface area contributed by atoms with Crippen LogP contribution >= 0.6 is 0 Å². The lowest BCUT2D eigenvalue weighted by atomic mass is 9.88. The van der Waals surface area contributed by atoms with Crippen molar-refractivity contribution >= 4 is 5.91 Å². The quantitative estimate of drug-likeness (QED) is 0.244. The van der Waals surface area contributed by atoms with E-state index in [2.05, 4.69) is 34.7 Å². The first-order valence-electron chi connectivity index (χ1n) is 12.5. The highest BCUT2D eigenvalue weighted by Gasteiger charge is 2.19. The predicted molar refractivity (Wildman–Crippen MR) is 147 cm³/mol. The topological polar surface area (TPSA) is 56.1 Å². The molecule has 0 saturated carbocycles. The minimum Gasteiger partial charge on any atom is -0.497 e. The summed E-state index contributed by atoms with van der Waals surface area (Å²) in [5.41, 5.74) is 4.85. The number of carbonyl (C=O) groups excluding carboxylic acids is 1. The first-order valence-corrected chi connectivity index (χ1v) is 12.5. The molecular formula is C32H28FN3O2. The number of ether oxygens (including phenoxy) is 1. The van der Waals surface area contributed by atoms with E-state index in [0.29, 0.717) is 23.6 Å². The molecule has 0 bridgehead atoms. The van der Waals surface area contributed by atoms with Gasteiger partial charge in [-0.2, -0.15) is 5.10 Å². The maximum atomic E-state index is 13.6. The molecule has 0 aliphatic heterocycles. The summed E-state index contributed by atoms with van der Waals surface area (Å²) in [5, 5.41) is 7.77. The molecule has 5 aromatic rings. The monoisotopic (exact) mass is 505 g/mol. The summed E-state index contributed by atoms with van der Waals surface area (Å²) in [5.74, 6) is 0.280. The van der Waals surface area contributed by atoms with Gasteiger partial charge in [-0.3, -0.25) is 4.79 Å². The molecule has 0 spiro atoms. The molecule has 0 atom stereocenters. The van der Waals surface area contributed by atoms with Crippen LogP contribution < -0.4 is 10.1 Å². The Kier molecular flexibility index (Phi) is 7.59. The van der Waals surface area contributed by atoms with Crippen LogP contribution in [0, 0.1) is 5.82 Å². The summed E-state index contributed by atoms with van der Waals surface area (Å²) < 4.78 is 20.4. The predicted octanol–water partition coefficient (Wildman–Crippen LogP) is 6.64. The van der Waals surface area contributed by atoms with Crippen molar-refractivity contribution in [3.8, 4) is 22.7 Å². The van der Waals surface area contributed by atoms with E-state index in [-0.39, 0.29) is 17.6 Å². The van der Waals surface area contributed by atoms with Crippen LogP contribution in [0.1, 0.15) is 34.0 Å². The van der Waals surface area contributed by atoms with E-state index in [4.69, 9.17) is 4.74 Å². The second-order valence-electron chi connectivity index (χ2n) is 8.95. The van der Waals surface area contributed by atoms with Gasteiger partial charge in [-0.25, -0.2) is 9.07 Å². The van der Waals surface area contributed by atoms with Gasteiger partial charge in [-0.05, 0) is 72.1 Å². The van der Waals surface area contributed by atoms with Gasteiger partial charge in [0, 0.05) is 18.0 Å². The van der Waals surface area contributed by atoms with Crippen molar-refractivity contribution in [3.63, 3.8) is 0 Å². The summed E-state index contributed by atoms with van der Waals surface area (Å²) in [6.07, 6.45) is 0.732. The third-order valence-corrected chi connectivity index (χ3v) is 6.52. The molecule has 1 heterocycles. The number of nitrogens with zero attached hydrogens (tertiary/aromatic N) is 2.